The zero-order valence-corrected chi connectivity index (χ0v) is 13.1. The third kappa shape index (κ3) is 4.03. The smallest absolute Gasteiger partial charge is 0.269 e. The Morgan fingerprint density at radius 1 is 1.19 bits per heavy atom. The number of benzene rings is 2. The lowest BCUT2D eigenvalue weighted by atomic mass is 10.1. The summed E-state index contributed by atoms with van der Waals surface area (Å²) in [5.41, 5.74) is 2.69. The molecule has 0 bridgehead atoms. The Balaban J connectivity index is 2.07. The van der Waals surface area contributed by atoms with E-state index in [0.717, 1.165) is 21.3 Å². The molecule has 0 radical (unpaired) electrons. The highest BCUT2D eigenvalue weighted by atomic mass is 79.9. The Bertz CT molecular complexity index is 647. The lowest BCUT2D eigenvalue weighted by Gasteiger charge is -2.10. The average Bonchev–Trinajstić information content (AvgIpc) is 2.49. The standard InChI is InChI=1S/C15H15BrN2O3/c1-17-15-7-6-13(18(19)20)8-12(15)10-21-9-11-4-2-3-5-14(11)16/h2-8,17H,9-10H2,1H3. The largest absolute Gasteiger partial charge is 0.388 e. The zero-order valence-electron chi connectivity index (χ0n) is 11.5. The van der Waals surface area contributed by atoms with Gasteiger partial charge in [-0.1, -0.05) is 34.1 Å². The van der Waals surface area contributed by atoms with E-state index >= 15 is 0 Å². The molecular weight excluding hydrogens is 336 g/mol. The second-order valence-electron chi connectivity index (χ2n) is 4.43. The van der Waals surface area contributed by atoms with Crippen molar-refractivity contribution < 1.29 is 9.66 Å². The molecule has 0 aliphatic heterocycles. The van der Waals surface area contributed by atoms with Gasteiger partial charge in [-0.3, -0.25) is 10.1 Å². The first-order valence-electron chi connectivity index (χ1n) is 6.38. The SMILES string of the molecule is CNc1ccc([N+](=O)[O-])cc1COCc1ccccc1Br. The van der Waals surface area contributed by atoms with E-state index in [1.165, 1.54) is 12.1 Å². The molecule has 0 unspecified atom stereocenters. The number of non-ortho nitro benzene ring substituents is 1. The predicted octanol–water partition coefficient (Wildman–Crippen LogP) is 4.12. The number of hydrogen-bond donors (Lipinski definition) is 1. The van der Waals surface area contributed by atoms with Crippen molar-refractivity contribution >= 4 is 27.3 Å². The Morgan fingerprint density at radius 3 is 2.57 bits per heavy atom. The molecule has 0 heterocycles. The highest BCUT2D eigenvalue weighted by molar-refractivity contribution is 9.10. The molecule has 0 aromatic heterocycles. The summed E-state index contributed by atoms with van der Waals surface area (Å²) in [5, 5.41) is 13.8. The van der Waals surface area contributed by atoms with Crippen molar-refractivity contribution in [1.82, 2.24) is 0 Å². The van der Waals surface area contributed by atoms with Crippen LogP contribution < -0.4 is 5.32 Å². The second kappa shape index (κ2) is 7.19. The quantitative estimate of drug-likeness (QED) is 0.628. The number of anilines is 1. The Hall–Kier alpha value is -1.92. The molecule has 2 aromatic carbocycles. The van der Waals surface area contributed by atoms with Gasteiger partial charge in [-0.15, -0.1) is 0 Å². The topological polar surface area (TPSA) is 64.4 Å². The first kappa shape index (κ1) is 15.5. The van der Waals surface area contributed by atoms with Crippen LogP contribution in [0.15, 0.2) is 46.9 Å². The monoisotopic (exact) mass is 350 g/mol. The summed E-state index contributed by atoms with van der Waals surface area (Å²) in [4.78, 5) is 10.4. The van der Waals surface area contributed by atoms with Crippen molar-refractivity contribution in [2.24, 2.45) is 0 Å². The summed E-state index contributed by atoms with van der Waals surface area (Å²) in [6.45, 7) is 0.743. The van der Waals surface area contributed by atoms with Crippen LogP contribution in [0.1, 0.15) is 11.1 Å². The van der Waals surface area contributed by atoms with Gasteiger partial charge < -0.3 is 10.1 Å². The number of rotatable bonds is 6. The summed E-state index contributed by atoms with van der Waals surface area (Å²) >= 11 is 3.46. The van der Waals surface area contributed by atoms with E-state index in [4.69, 9.17) is 4.74 Å². The van der Waals surface area contributed by atoms with Crippen LogP contribution in [0.2, 0.25) is 0 Å². The van der Waals surface area contributed by atoms with Crippen LogP contribution in [-0.2, 0) is 18.0 Å². The first-order valence-corrected chi connectivity index (χ1v) is 7.17. The Kier molecular flexibility index (Phi) is 5.30. The van der Waals surface area contributed by atoms with Crippen molar-refractivity contribution in [3.05, 3.63) is 68.2 Å². The molecule has 6 heteroatoms. The molecule has 5 nitrogen and oxygen atoms in total. The molecule has 2 rings (SSSR count). The normalized spacial score (nSPS) is 10.4. The molecule has 0 aliphatic rings. The van der Waals surface area contributed by atoms with Gasteiger partial charge in [0.25, 0.3) is 5.69 Å². The van der Waals surface area contributed by atoms with Crippen molar-refractivity contribution in [3.8, 4) is 0 Å². The Morgan fingerprint density at radius 2 is 1.90 bits per heavy atom. The van der Waals surface area contributed by atoms with Crippen molar-refractivity contribution in [1.29, 1.82) is 0 Å². The van der Waals surface area contributed by atoms with E-state index in [-0.39, 0.29) is 5.69 Å². The minimum absolute atomic E-state index is 0.0634. The van der Waals surface area contributed by atoms with Gasteiger partial charge in [0.2, 0.25) is 0 Å². The second-order valence-corrected chi connectivity index (χ2v) is 5.29. The maximum Gasteiger partial charge on any atom is 0.269 e. The van der Waals surface area contributed by atoms with E-state index in [0.29, 0.717) is 13.2 Å². The van der Waals surface area contributed by atoms with Crippen LogP contribution in [0.3, 0.4) is 0 Å². The summed E-state index contributed by atoms with van der Waals surface area (Å²) in [6, 6.07) is 12.5. The summed E-state index contributed by atoms with van der Waals surface area (Å²) < 4.78 is 6.66. The number of nitro benzene ring substituents is 1. The van der Waals surface area contributed by atoms with Gasteiger partial charge >= 0.3 is 0 Å². The molecule has 0 fully saturated rings. The van der Waals surface area contributed by atoms with Crippen LogP contribution in [0.25, 0.3) is 0 Å². The van der Waals surface area contributed by atoms with Crippen molar-refractivity contribution in [2.75, 3.05) is 12.4 Å². The Labute approximate surface area is 131 Å². The molecule has 0 aliphatic carbocycles. The molecule has 21 heavy (non-hydrogen) atoms. The van der Waals surface area contributed by atoms with Crippen molar-refractivity contribution in [3.63, 3.8) is 0 Å². The maximum atomic E-state index is 10.8. The molecule has 0 saturated heterocycles. The molecule has 0 spiro atoms. The lowest BCUT2D eigenvalue weighted by molar-refractivity contribution is -0.384. The number of nitrogens with zero attached hydrogens (tertiary/aromatic N) is 1. The molecule has 0 amide bonds. The van der Waals surface area contributed by atoms with Gasteiger partial charge in [0.1, 0.15) is 0 Å². The van der Waals surface area contributed by atoms with E-state index in [1.54, 1.807) is 13.1 Å². The van der Waals surface area contributed by atoms with Gasteiger partial charge in [-0.2, -0.15) is 0 Å². The van der Waals surface area contributed by atoms with Crippen LogP contribution in [0, 0.1) is 10.1 Å². The number of halogens is 1. The molecule has 0 saturated carbocycles. The molecule has 2 aromatic rings. The maximum absolute atomic E-state index is 10.8. The fourth-order valence-electron chi connectivity index (χ4n) is 1.94. The number of nitro groups is 1. The molecule has 0 atom stereocenters. The number of ether oxygens (including phenoxy) is 1. The fraction of sp³-hybridized carbons (Fsp3) is 0.200. The minimum atomic E-state index is -0.406. The minimum Gasteiger partial charge on any atom is -0.388 e. The van der Waals surface area contributed by atoms with E-state index in [1.807, 2.05) is 24.3 Å². The van der Waals surface area contributed by atoms with Gasteiger partial charge in [-0.25, -0.2) is 0 Å². The van der Waals surface area contributed by atoms with E-state index < -0.39 is 4.92 Å². The van der Waals surface area contributed by atoms with Crippen LogP contribution >= 0.6 is 15.9 Å². The van der Waals surface area contributed by atoms with E-state index in [9.17, 15) is 10.1 Å². The van der Waals surface area contributed by atoms with E-state index in [2.05, 4.69) is 21.2 Å². The number of hydrogen-bond acceptors (Lipinski definition) is 4. The molecular formula is C15H15BrN2O3. The highest BCUT2D eigenvalue weighted by Gasteiger charge is 2.10. The van der Waals surface area contributed by atoms with Crippen molar-refractivity contribution in [2.45, 2.75) is 13.2 Å². The summed E-state index contributed by atoms with van der Waals surface area (Å²) in [6.07, 6.45) is 0. The van der Waals surface area contributed by atoms with Crippen LogP contribution in [-0.4, -0.2) is 12.0 Å². The third-order valence-electron chi connectivity index (χ3n) is 3.04. The van der Waals surface area contributed by atoms with Gasteiger partial charge in [0.05, 0.1) is 18.1 Å². The van der Waals surface area contributed by atoms with Crippen LogP contribution in [0.4, 0.5) is 11.4 Å². The lowest BCUT2D eigenvalue weighted by Crippen LogP contribution is -2.01. The first-order chi connectivity index (χ1) is 10.1. The van der Waals surface area contributed by atoms with Crippen LogP contribution in [0.5, 0.6) is 0 Å². The number of nitrogens with one attached hydrogen (secondary N) is 1. The van der Waals surface area contributed by atoms with Gasteiger partial charge in [-0.05, 0) is 17.7 Å². The molecule has 1 N–H and O–H groups in total. The third-order valence-corrected chi connectivity index (χ3v) is 3.82. The highest BCUT2D eigenvalue weighted by Crippen LogP contribution is 2.23. The summed E-state index contributed by atoms with van der Waals surface area (Å²) in [5.74, 6) is 0. The fourth-order valence-corrected chi connectivity index (χ4v) is 2.34. The average molecular weight is 351 g/mol. The van der Waals surface area contributed by atoms with Gasteiger partial charge in [0, 0.05) is 34.9 Å². The molecule has 110 valence electrons. The summed E-state index contributed by atoms with van der Waals surface area (Å²) in [7, 11) is 1.78. The predicted molar refractivity (Wildman–Crippen MR) is 85.3 cm³/mol. The zero-order chi connectivity index (χ0) is 15.2. The van der Waals surface area contributed by atoms with Gasteiger partial charge in [0.15, 0.2) is 0 Å².